The van der Waals surface area contributed by atoms with Crippen LogP contribution in [0, 0.1) is 0 Å². The minimum atomic E-state index is -0.370. The van der Waals surface area contributed by atoms with Crippen LogP contribution in [-0.2, 0) is 11.3 Å². The number of nitrogens with zero attached hydrogens (tertiary/aromatic N) is 4. The van der Waals surface area contributed by atoms with Crippen LogP contribution in [-0.4, -0.2) is 20.5 Å². The standard InChI is InChI=1S/C25H14Cl2N4O2S/c26-16-11-9-14(10-12-16)22-28-25-31(29-22)24(33)21(34-25)20-17-6-2-4-8-19(17)30(23(20)32)13-15-5-1-3-7-18(15)27/h1-12H,13H2. The molecule has 0 aliphatic carbocycles. The lowest BCUT2D eigenvalue weighted by Crippen LogP contribution is -2.32. The molecule has 1 amide bonds. The predicted molar refractivity (Wildman–Crippen MR) is 134 cm³/mol. The first-order valence-electron chi connectivity index (χ1n) is 10.4. The number of carbonyl (C=O) groups excluding carboxylic acids is 1. The summed E-state index contributed by atoms with van der Waals surface area (Å²) in [4.78, 5) is 33.5. The van der Waals surface area contributed by atoms with Crippen LogP contribution in [0.3, 0.4) is 0 Å². The predicted octanol–water partition coefficient (Wildman–Crippen LogP) is 4.59. The van der Waals surface area contributed by atoms with E-state index in [0.29, 0.717) is 43.0 Å². The van der Waals surface area contributed by atoms with Crippen molar-refractivity contribution in [3.8, 4) is 11.4 Å². The molecule has 3 heterocycles. The van der Waals surface area contributed by atoms with Crippen molar-refractivity contribution in [1.29, 1.82) is 0 Å². The van der Waals surface area contributed by atoms with Crippen molar-refractivity contribution in [2.75, 3.05) is 4.90 Å². The molecule has 166 valence electrons. The van der Waals surface area contributed by atoms with E-state index in [2.05, 4.69) is 10.1 Å². The maximum absolute atomic E-state index is 13.6. The van der Waals surface area contributed by atoms with Gasteiger partial charge in [0.1, 0.15) is 4.53 Å². The largest absolute Gasteiger partial charge is 0.303 e. The number of aromatic nitrogens is 3. The van der Waals surface area contributed by atoms with Crippen LogP contribution in [0.5, 0.6) is 0 Å². The number of thiazole rings is 1. The normalized spacial score (nSPS) is 14.8. The van der Waals surface area contributed by atoms with E-state index in [9.17, 15) is 9.59 Å². The van der Waals surface area contributed by atoms with E-state index >= 15 is 0 Å². The Labute approximate surface area is 207 Å². The first kappa shape index (κ1) is 21.0. The summed E-state index contributed by atoms with van der Waals surface area (Å²) in [5.41, 5.74) is 3.01. The molecule has 0 N–H and O–H groups in total. The molecule has 34 heavy (non-hydrogen) atoms. The van der Waals surface area contributed by atoms with E-state index in [4.69, 9.17) is 23.2 Å². The fraction of sp³-hybridized carbons (Fsp3) is 0.0400. The molecular weight excluding hydrogens is 491 g/mol. The molecule has 6 rings (SSSR count). The minimum Gasteiger partial charge on any atom is -0.303 e. The number of halogens is 2. The lowest BCUT2D eigenvalue weighted by molar-refractivity contribution is -0.113. The molecule has 0 atom stereocenters. The van der Waals surface area contributed by atoms with Crippen molar-refractivity contribution in [3.05, 3.63) is 109 Å². The van der Waals surface area contributed by atoms with E-state index < -0.39 is 0 Å². The molecule has 2 aromatic heterocycles. The highest BCUT2D eigenvalue weighted by atomic mass is 35.5. The van der Waals surface area contributed by atoms with Gasteiger partial charge in [-0.25, -0.2) is 0 Å². The topological polar surface area (TPSA) is 67.6 Å². The van der Waals surface area contributed by atoms with Crippen LogP contribution in [0.2, 0.25) is 10.0 Å². The van der Waals surface area contributed by atoms with E-state index in [1.807, 2.05) is 42.5 Å². The third-order valence-electron chi connectivity index (χ3n) is 5.70. The van der Waals surface area contributed by atoms with Crippen LogP contribution >= 0.6 is 34.5 Å². The van der Waals surface area contributed by atoms with Gasteiger partial charge in [0.25, 0.3) is 11.5 Å². The monoisotopic (exact) mass is 504 g/mol. The van der Waals surface area contributed by atoms with Gasteiger partial charge in [0, 0.05) is 21.2 Å². The number of fused-ring (bicyclic) bond motifs is 2. The Kier molecular flexibility index (Phi) is 4.99. The zero-order valence-corrected chi connectivity index (χ0v) is 19.7. The van der Waals surface area contributed by atoms with Crippen molar-refractivity contribution in [2.24, 2.45) is 0 Å². The number of amides is 1. The highest BCUT2D eigenvalue weighted by Gasteiger charge is 2.34. The average Bonchev–Trinajstić information content (AvgIpc) is 3.47. The minimum absolute atomic E-state index is 0.249. The number of para-hydroxylation sites is 1. The third-order valence-corrected chi connectivity index (χ3v) is 7.35. The molecule has 0 bridgehead atoms. The van der Waals surface area contributed by atoms with E-state index in [1.54, 1.807) is 35.2 Å². The lowest BCUT2D eigenvalue weighted by atomic mass is 10.1. The Balaban J connectivity index is 1.50. The fourth-order valence-electron chi connectivity index (χ4n) is 4.06. The van der Waals surface area contributed by atoms with Crippen molar-refractivity contribution in [2.45, 2.75) is 6.54 Å². The molecule has 3 aromatic carbocycles. The summed E-state index contributed by atoms with van der Waals surface area (Å²) >= 11 is 13.5. The number of rotatable bonds is 3. The van der Waals surface area contributed by atoms with Crippen molar-refractivity contribution < 1.29 is 4.79 Å². The number of anilines is 1. The fourth-order valence-corrected chi connectivity index (χ4v) is 5.38. The van der Waals surface area contributed by atoms with Gasteiger partial charge in [-0.3, -0.25) is 9.59 Å². The summed E-state index contributed by atoms with van der Waals surface area (Å²) in [5, 5.41) is 5.58. The van der Waals surface area contributed by atoms with Gasteiger partial charge in [-0.1, -0.05) is 70.9 Å². The molecule has 0 unspecified atom stereocenters. The Hall–Kier alpha value is -3.52. The average molecular weight is 505 g/mol. The summed E-state index contributed by atoms with van der Waals surface area (Å²) < 4.78 is 1.57. The lowest BCUT2D eigenvalue weighted by Gasteiger charge is -2.17. The molecule has 0 spiro atoms. The molecule has 0 saturated carbocycles. The summed E-state index contributed by atoms with van der Waals surface area (Å²) in [6.45, 7) is 0.300. The van der Waals surface area contributed by atoms with Crippen molar-refractivity contribution in [3.63, 3.8) is 0 Å². The number of hydrogen-bond donors (Lipinski definition) is 0. The summed E-state index contributed by atoms with van der Waals surface area (Å²) in [7, 11) is 0. The molecule has 0 fully saturated rings. The molecule has 5 aromatic rings. The number of carbonyl (C=O) groups is 1. The van der Waals surface area contributed by atoms with Gasteiger partial charge in [0.15, 0.2) is 5.82 Å². The van der Waals surface area contributed by atoms with Gasteiger partial charge >= 0.3 is 0 Å². The SMILES string of the molecule is O=C1C(=c2sc3nc(-c4ccc(Cl)cc4)nn3c2=O)c2ccccc2N1Cc1ccccc1Cl. The number of benzene rings is 3. The second kappa shape index (κ2) is 8.06. The zero-order valence-electron chi connectivity index (χ0n) is 17.4. The zero-order chi connectivity index (χ0) is 23.4. The van der Waals surface area contributed by atoms with Crippen molar-refractivity contribution in [1.82, 2.24) is 14.6 Å². The van der Waals surface area contributed by atoms with Gasteiger partial charge in [-0.15, -0.1) is 5.10 Å². The Morgan fingerprint density at radius 3 is 2.38 bits per heavy atom. The van der Waals surface area contributed by atoms with E-state index in [-0.39, 0.29) is 11.5 Å². The maximum Gasteiger partial charge on any atom is 0.291 e. The number of hydrogen-bond acceptors (Lipinski definition) is 5. The van der Waals surface area contributed by atoms with Crippen LogP contribution in [0.15, 0.2) is 77.6 Å². The van der Waals surface area contributed by atoms with Crippen LogP contribution < -0.4 is 15.0 Å². The Bertz CT molecular complexity index is 1710. The van der Waals surface area contributed by atoms with Gasteiger partial charge in [0.05, 0.1) is 17.8 Å². The smallest absolute Gasteiger partial charge is 0.291 e. The summed E-state index contributed by atoms with van der Waals surface area (Å²) in [6, 6.07) is 21.9. The molecule has 9 heteroatoms. The van der Waals surface area contributed by atoms with Crippen LogP contribution in [0.1, 0.15) is 11.1 Å². The van der Waals surface area contributed by atoms with Gasteiger partial charge in [-0.05, 0) is 42.0 Å². The molecule has 0 saturated heterocycles. The Morgan fingerprint density at radius 2 is 1.62 bits per heavy atom. The molecule has 0 radical (unpaired) electrons. The second-order valence-electron chi connectivity index (χ2n) is 7.75. The first-order valence-corrected chi connectivity index (χ1v) is 11.9. The first-order chi connectivity index (χ1) is 16.5. The molecule has 1 aliphatic rings. The van der Waals surface area contributed by atoms with Gasteiger partial charge in [-0.2, -0.15) is 9.50 Å². The molecule has 1 aliphatic heterocycles. The summed E-state index contributed by atoms with van der Waals surface area (Å²) in [6.07, 6.45) is 0. The van der Waals surface area contributed by atoms with E-state index in [0.717, 1.165) is 28.2 Å². The maximum atomic E-state index is 13.6. The molecule has 6 nitrogen and oxygen atoms in total. The highest BCUT2D eigenvalue weighted by molar-refractivity contribution is 7.15. The second-order valence-corrected chi connectivity index (χ2v) is 9.57. The van der Waals surface area contributed by atoms with Crippen LogP contribution in [0.4, 0.5) is 5.69 Å². The van der Waals surface area contributed by atoms with Crippen molar-refractivity contribution >= 4 is 56.7 Å². The van der Waals surface area contributed by atoms with Gasteiger partial charge < -0.3 is 4.90 Å². The Morgan fingerprint density at radius 1 is 0.882 bits per heavy atom. The highest BCUT2D eigenvalue weighted by Crippen LogP contribution is 2.37. The third kappa shape index (κ3) is 3.32. The van der Waals surface area contributed by atoms with E-state index in [1.165, 1.54) is 4.52 Å². The van der Waals surface area contributed by atoms with Crippen LogP contribution in [0.25, 0.3) is 21.9 Å². The van der Waals surface area contributed by atoms with Gasteiger partial charge in [0.2, 0.25) is 4.96 Å². The quantitative estimate of drug-likeness (QED) is 0.360. The molecular formula is C25H14Cl2N4O2S. The summed E-state index contributed by atoms with van der Waals surface area (Å²) in [5.74, 6) is 0.177.